The molecule has 1 fully saturated rings. The van der Waals surface area contributed by atoms with Crippen molar-refractivity contribution >= 4 is 21.8 Å². The number of hydrogen-bond acceptors (Lipinski definition) is 2. The summed E-state index contributed by atoms with van der Waals surface area (Å²) >= 11 is 3.37. The van der Waals surface area contributed by atoms with Crippen LogP contribution in [-0.2, 0) is 4.79 Å². The highest BCUT2D eigenvalue weighted by Crippen LogP contribution is 2.20. The highest BCUT2D eigenvalue weighted by atomic mass is 79.9. The van der Waals surface area contributed by atoms with Gasteiger partial charge in [-0.15, -0.1) is 0 Å². The van der Waals surface area contributed by atoms with Crippen molar-refractivity contribution in [2.45, 2.75) is 19.4 Å². The van der Waals surface area contributed by atoms with E-state index < -0.39 is 0 Å². The molecule has 86 valence electrons. The van der Waals surface area contributed by atoms with Gasteiger partial charge in [-0.1, -0.05) is 22.9 Å². The van der Waals surface area contributed by atoms with Gasteiger partial charge in [0.1, 0.15) is 11.9 Å². The average Bonchev–Trinajstić information content (AvgIpc) is 2.24. The molecule has 1 aromatic carbocycles. The summed E-state index contributed by atoms with van der Waals surface area (Å²) in [5.74, 6) is 1.06. The lowest BCUT2D eigenvalue weighted by Crippen LogP contribution is -2.56. The molecule has 0 N–H and O–H groups in total. The molecule has 1 aliphatic rings. The number of carbonyl (C=O) groups is 1. The maximum atomic E-state index is 11.3. The van der Waals surface area contributed by atoms with Crippen molar-refractivity contribution in [2.75, 3.05) is 13.1 Å². The first-order valence-electron chi connectivity index (χ1n) is 5.39. The number of amides is 1. The molecule has 1 amide bonds. The van der Waals surface area contributed by atoms with Gasteiger partial charge in [0, 0.05) is 10.9 Å². The van der Waals surface area contributed by atoms with Crippen LogP contribution in [0.5, 0.6) is 5.75 Å². The molecule has 1 aliphatic heterocycles. The van der Waals surface area contributed by atoms with Crippen LogP contribution in [0.2, 0.25) is 0 Å². The maximum absolute atomic E-state index is 11.3. The Labute approximate surface area is 104 Å². The number of nitrogens with zero attached hydrogens (tertiary/aromatic N) is 1. The summed E-state index contributed by atoms with van der Waals surface area (Å²) < 4.78 is 6.75. The Morgan fingerprint density at radius 1 is 1.44 bits per heavy atom. The second kappa shape index (κ2) is 4.87. The number of hydrogen-bond donors (Lipinski definition) is 0. The molecule has 16 heavy (non-hydrogen) atoms. The normalized spacial score (nSPS) is 15.8. The van der Waals surface area contributed by atoms with E-state index in [1.807, 2.05) is 36.1 Å². The van der Waals surface area contributed by atoms with E-state index in [2.05, 4.69) is 15.9 Å². The standard InChI is InChI=1S/C12H14BrNO2/c1-2-12(15)14-7-11(8-14)16-10-5-3-9(13)4-6-10/h3-6,11H,2,7-8H2,1H3. The van der Waals surface area contributed by atoms with Gasteiger partial charge in [0.25, 0.3) is 0 Å². The van der Waals surface area contributed by atoms with Crippen LogP contribution in [0.4, 0.5) is 0 Å². The first kappa shape index (κ1) is 11.5. The fourth-order valence-corrected chi connectivity index (χ4v) is 1.91. The molecule has 4 heteroatoms. The van der Waals surface area contributed by atoms with Crippen LogP contribution >= 0.6 is 15.9 Å². The van der Waals surface area contributed by atoms with Crippen molar-refractivity contribution in [3.63, 3.8) is 0 Å². The van der Waals surface area contributed by atoms with Crippen molar-refractivity contribution in [3.8, 4) is 5.75 Å². The summed E-state index contributed by atoms with van der Waals surface area (Å²) in [4.78, 5) is 13.1. The van der Waals surface area contributed by atoms with Crippen molar-refractivity contribution in [1.29, 1.82) is 0 Å². The molecular weight excluding hydrogens is 270 g/mol. The van der Waals surface area contributed by atoms with E-state index >= 15 is 0 Å². The molecule has 0 spiro atoms. The van der Waals surface area contributed by atoms with Crippen molar-refractivity contribution in [3.05, 3.63) is 28.7 Å². The van der Waals surface area contributed by atoms with Gasteiger partial charge in [0.2, 0.25) is 5.91 Å². The third-order valence-corrected chi connectivity index (χ3v) is 3.15. The largest absolute Gasteiger partial charge is 0.487 e. The summed E-state index contributed by atoms with van der Waals surface area (Å²) in [7, 11) is 0. The molecule has 3 nitrogen and oxygen atoms in total. The predicted molar refractivity (Wildman–Crippen MR) is 65.4 cm³/mol. The molecule has 1 saturated heterocycles. The van der Waals surface area contributed by atoms with Gasteiger partial charge in [-0.05, 0) is 24.3 Å². The minimum atomic E-state index is 0.150. The fraction of sp³-hybridized carbons (Fsp3) is 0.417. The predicted octanol–water partition coefficient (Wildman–Crippen LogP) is 2.45. The number of benzene rings is 1. The molecule has 1 heterocycles. The number of ether oxygens (including phenoxy) is 1. The Bertz CT molecular complexity index is 371. The minimum Gasteiger partial charge on any atom is -0.487 e. The molecular formula is C12H14BrNO2. The van der Waals surface area contributed by atoms with E-state index in [1.165, 1.54) is 0 Å². The van der Waals surface area contributed by atoms with E-state index in [1.54, 1.807) is 0 Å². The van der Waals surface area contributed by atoms with Gasteiger partial charge < -0.3 is 9.64 Å². The average molecular weight is 284 g/mol. The lowest BCUT2D eigenvalue weighted by molar-refractivity contribution is -0.139. The van der Waals surface area contributed by atoms with E-state index in [4.69, 9.17) is 4.74 Å². The SMILES string of the molecule is CCC(=O)N1CC(Oc2ccc(Br)cc2)C1. The first-order valence-corrected chi connectivity index (χ1v) is 6.18. The number of carbonyl (C=O) groups excluding carboxylic acids is 1. The lowest BCUT2D eigenvalue weighted by atomic mass is 10.1. The van der Waals surface area contributed by atoms with Crippen LogP contribution in [0.15, 0.2) is 28.7 Å². The summed E-state index contributed by atoms with van der Waals surface area (Å²) in [5, 5.41) is 0. The van der Waals surface area contributed by atoms with Gasteiger partial charge in [-0.25, -0.2) is 0 Å². The molecule has 0 bridgehead atoms. The van der Waals surface area contributed by atoms with Crippen molar-refractivity contribution in [2.24, 2.45) is 0 Å². The minimum absolute atomic E-state index is 0.150. The number of halogens is 1. The number of likely N-dealkylation sites (tertiary alicyclic amines) is 1. The smallest absolute Gasteiger partial charge is 0.222 e. The Morgan fingerprint density at radius 2 is 2.06 bits per heavy atom. The molecule has 0 atom stereocenters. The van der Waals surface area contributed by atoms with Crippen LogP contribution in [-0.4, -0.2) is 30.0 Å². The zero-order valence-electron chi connectivity index (χ0n) is 9.15. The lowest BCUT2D eigenvalue weighted by Gasteiger charge is -2.38. The molecule has 1 aromatic rings. The van der Waals surface area contributed by atoms with E-state index in [9.17, 15) is 4.79 Å². The zero-order chi connectivity index (χ0) is 11.5. The second-order valence-electron chi connectivity index (χ2n) is 3.85. The second-order valence-corrected chi connectivity index (χ2v) is 4.76. The monoisotopic (exact) mass is 283 g/mol. The highest BCUT2D eigenvalue weighted by Gasteiger charge is 2.31. The van der Waals surface area contributed by atoms with E-state index in [0.29, 0.717) is 19.5 Å². The Balaban J connectivity index is 1.81. The van der Waals surface area contributed by atoms with E-state index in [-0.39, 0.29) is 12.0 Å². The van der Waals surface area contributed by atoms with Crippen LogP contribution in [0, 0.1) is 0 Å². The molecule has 2 rings (SSSR count). The van der Waals surface area contributed by atoms with Crippen LogP contribution in [0.3, 0.4) is 0 Å². The van der Waals surface area contributed by atoms with E-state index in [0.717, 1.165) is 10.2 Å². The number of rotatable bonds is 3. The molecule has 0 aliphatic carbocycles. The maximum Gasteiger partial charge on any atom is 0.222 e. The van der Waals surface area contributed by atoms with Crippen molar-refractivity contribution < 1.29 is 9.53 Å². The molecule has 0 unspecified atom stereocenters. The van der Waals surface area contributed by atoms with Gasteiger partial charge in [0.05, 0.1) is 13.1 Å². The Hall–Kier alpha value is -1.03. The van der Waals surface area contributed by atoms with Crippen molar-refractivity contribution in [1.82, 2.24) is 4.90 Å². The topological polar surface area (TPSA) is 29.5 Å². The van der Waals surface area contributed by atoms with Crippen LogP contribution in [0.25, 0.3) is 0 Å². The quantitative estimate of drug-likeness (QED) is 0.853. The molecule has 0 aromatic heterocycles. The zero-order valence-corrected chi connectivity index (χ0v) is 10.7. The highest BCUT2D eigenvalue weighted by molar-refractivity contribution is 9.10. The van der Waals surface area contributed by atoms with Crippen LogP contribution in [0.1, 0.15) is 13.3 Å². The summed E-state index contributed by atoms with van der Waals surface area (Å²) in [6.07, 6.45) is 0.724. The summed E-state index contributed by atoms with van der Waals surface area (Å²) in [6.45, 7) is 3.30. The first-order chi connectivity index (χ1) is 7.69. The summed E-state index contributed by atoms with van der Waals surface area (Å²) in [5.41, 5.74) is 0. The third-order valence-electron chi connectivity index (χ3n) is 2.62. The Kier molecular flexibility index (Phi) is 3.49. The summed E-state index contributed by atoms with van der Waals surface area (Å²) in [6, 6.07) is 7.74. The fourth-order valence-electron chi connectivity index (χ4n) is 1.65. The Morgan fingerprint density at radius 3 is 2.62 bits per heavy atom. The third kappa shape index (κ3) is 2.55. The molecule has 0 saturated carbocycles. The van der Waals surface area contributed by atoms with Gasteiger partial charge in [0.15, 0.2) is 0 Å². The van der Waals surface area contributed by atoms with Gasteiger partial charge in [-0.2, -0.15) is 0 Å². The van der Waals surface area contributed by atoms with Crippen LogP contribution < -0.4 is 4.74 Å². The van der Waals surface area contributed by atoms with Gasteiger partial charge >= 0.3 is 0 Å². The van der Waals surface area contributed by atoms with Gasteiger partial charge in [-0.3, -0.25) is 4.79 Å². The molecule has 0 radical (unpaired) electrons.